The first-order valence-corrected chi connectivity index (χ1v) is 13.2. The number of sulfone groups is 1. The van der Waals surface area contributed by atoms with Crippen LogP contribution >= 0.6 is 0 Å². The minimum Gasteiger partial charge on any atom is -0.481 e. The monoisotopic (exact) mass is 471 g/mol. The molecule has 1 aromatic carbocycles. The van der Waals surface area contributed by atoms with Gasteiger partial charge < -0.3 is 20.7 Å². The van der Waals surface area contributed by atoms with E-state index in [1.807, 2.05) is 39.0 Å². The summed E-state index contributed by atoms with van der Waals surface area (Å²) in [6, 6.07) is 5.38. The number of benzene rings is 1. The van der Waals surface area contributed by atoms with Gasteiger partial charge in [0, 0.05) is 12.3 Å². The molecule has 0 aliphatic rings. The molecule has 32 heavy (non-hydrogen) atoms. The smallest absolute Gasteiger partial charge is 0.306 e. The number of aliphatic carboxylic acids is 1. The number of nitrogens with two attached hydrogens (primary N) is 1. The molecule has 0 spiro atoms. The van der Waals surface area contributed by atoms with Gasteiger partial charge in [0.15, 0.2) is 15.8 Å². The number of carbonyl (C=O) groups is 1. The topological polar surface area (TPSA) is 127 Å². The van der Waals surface area contributed by atoms with Crippen molar-refractivity contribution in [3.05, 3.63) is 29.3 Å². The summed E-state index contributed by atoms with van der Waals surface area (Å²) in [5.74, 6) is -0.991. The number of carboxylic acid groups (broad SMARTS) is 1. The summed E-state index contributed by atoms with van der Waals surface area (Å²) in [6.45, 7) is 11.9. The van der Waals surface area contributed by atoms with E-state index in [0.717, 1.165) is 17.4 Å². The van der Waals surface area contributed by atoms with E-state index in [-0.39, 0.29) is 29.6 Å². The second-order valence-electron chi connectivity index (χ2n) is 10.4. The molecule has 7 nitrogen and oxygen atoms in total. The lowest BCUT2D eigenvalue weighted by atomic mass is 9.81. The Hall–Kier alpha value is -1.64. The zero-order chi connectivity index (χ0) is 24.9. The van der Waals surface area contributed by atoms with Crippen molar-refractivity contribution in [1.29, 1.82) is 0 Å². The Balaban J connectivity index is 3.05. The van der Waals surface area contributed by atoms with Crippen LogP contribution in [0, 0.1) is 17.8 Å². The fourth-order valence-corrected chi connectivity index (χ4v) is 3.98. The number of hydrogen-bond acceptors (Lipinski definition) is 6. The molecule has 4 N–H and O–H groups in total. The fourth-order valence-electron chi connectivity index (χ4n) is 3.64. The average molecular weight is 472 g/mol. The highest BCUT2D eigenvalue weighted by Crippen LogP contribution is 2.34. The summed E-state index contributed by atoms with van der Waals surface area (Å²) in [7, 11) is -3.28. The van der Waals surface area contributed by atoms with Gasteiger partial charge in [-0.1, -0.05) is 53.7 Å². The molecular formula is C24H41NO6S. The van der Waals surface area contributed by atoms with Crippen LogP contribution in [0.3, 0.4) is 0 Å². The molecule has 1 rings (SSSR count). The van der Waals surface area contributed by atoms with E-state index in [0.29, 0.717) is 18.6 Å². The molecule has 0 amide bonds. The summed E-state index contributed by atoms with van der Waals surface area (Å²) in [5, 5.41) is 19.5. The van der Waals surface area contributed by atoms with Crippen LogP contribution in [0.2, 0.25) is 0 Å². The maximum Gasteiger partial charge on any atom is 0.306 e. The van der Waals surface area contributed by atoms with Crippen molar-refractivity contribution in [2.45, 2.75) is 78.4 Å². The van der Waals surface area contributed by atoms with E-state index in [2.05, 4.69) is 13.8 Å². The molecule has 4 unspecified atom stereocenters. The first-order valence-electron chi connectivity index (χ1n) is 11.1. The lowest BCUT2D eigenvalue weighted by Crippen LogP contribution is -2.39. The quantitative estimate of drug-likeness (QED) is 0.426. The molecule has 0 bridgehead atoms. The summed E-state index contributed by atoms with van der Waals surface area (Å²) in [4.78, 5) is 11.1. The van der Waals surface area contributed by atoms with Crippen LogP contribution in [-0.2, 0) is 26.5 Å². The minimum absolute atomic E-state index is 0.116. The molecule has 0 saturated heterocycles. The van der Waals surface area contributed by atoms with E-state index < -0.39 is 33.9 Å². The zero-order valence-corrected chi connectivity index (χ0v) is 21.3. The summed E-state index contributed by atoms with van der Waals surface area (Å²) >= 11 is 0. The maximum absolute atomic E-state index is 11.6. The van der Waals surface area contributed by atoms with Gasteiger partial charge in [0.05, 0.1) is 12.0 Å². The van der Waals surface area contributed by atoms with E-state index >= 15 is 0 Å². The van der Waals surface area contributed by atoms with E-state index in [4.69, 9.17) is 15.6 Å². The standard InChI is InChI=1S/C24H41NO6S/c1-15(2)18(13-20(25)21(26)10-16(3)23(27)28)11-17-8-9-19(24(4,5)6)22(12-17)31-14-32(7,29)30/h8-9,12,15-16,18,20-21,26H,10-11,13-14,25H2,1-7H3,(H,27,28). The second-order valence-corrected chi connectivity index (χ2v) is 12.5. The summed E-state index contributed by atoms with van der Waals surface area (Å²) in [5.41, 5.74) is 7.95. The van der Waals surface area contributed by atoms with Gasteiger partial charge in [-0.15, -0.1) is 0 Å². The molecule has 0 aromatic heterocycles. The van der Waals surface area contributed by atoms with Crippen LogP contribution < -0.4 is 10.5 Å². The Morgan fingerprint density at radius 1 is 1.16 bits per heavy atom. The summed E-state index contributed by atoms with van der Waals surface area (Å²) < 4.78 is 28.9. The minimum atomic E-state index is -3.28. The molecule has 184 valence electrons. The Morgan fingerprint density at radius 3 is 2.22 bits per heavy atom. The molecular weight excluding hydrogens is 430 g/mol. The number of ether oxygens (including phenoxy) is 1. The Morgan fingerprint density at radius 2 is 1.75 bits per heavy atom. The largest absolute Gasteiger partial charge is 0.481 e. The lowest BCUT2D eigenvalue weighted by molar-refractivity contribution is -0.142. The third-order valence-corrected chi connectivity index (χ3v) is 6.36. The first kappa shape index (κ1) is 28.4. The van der Waals surface area contributed by atoms with E-state index in [1.54, 1.807) is 6.92 Å². The van der Waals surface area contributed by atoms with E-state index in [1.165, 1.54) is 0 Å². The van der Waals surface area contributed by atoms with Gasteiger partial charge in [0.1, 0.15) is 5.75 Å². The second kappa shape index (κ2) is 11.5. The maximum atomic E-state index is 11.6. The van der Waals surface area contributed by atoms with Crippen molar-refractivity contribution < 1.29 is 28.2 Å². The van der Waals surface area contributed by atoms with Crippen molar-refractivity contribution >= 4 is 15.8 Å². The Bertz CT molecular complexity index is 860. The van der Waals surface area contributed by atoms with Gasteiger partial charge in [-0.3, -0.25) is 4.79 Å². The van der Waals surface area contributed by atoms with Gasteiger partial charge in [0.25, 0.3) is 0 Å². The molecule has 0 radical (unpaired) electrons. The van der Waals surface area contributed by atoms with Crippen molar-refractivity contribution in [2.24, 2.45) is 23.5 Å². The third kappa shape index (κ3) is 9.46. The van der Waals surface area contributed by atoms with Gasteiger partial charge in [-0.2, -0.15) is 0 Å². The average Bonchev–Trinajstić information content (AvgIpc) is 2.64. The predicted octanol–water partition coefficient (Wildman–Crippen LogP) is 3.37. The van der Waals surface area contributed by atoms with Crippen LogP contribution in [0.5, 0.6) is 5.75 Å². The van der Waals surface area contributed by atoms with Crippen molar-refractivity contribution in [3.8, 4) is 5.75 Å². The molecule has 0 heterocycles. The van der Waals surface area contributed by atoms with Gasteiger partial charge in [-0.05, 0) is 53.7 Å². The van der Waals surface area contributed by atoms with Gasteiger partial charge >= 0.3 is 5.97 Å². The fraction of sp³-hybridized carbons (Fsp3) is 0.708. The van der Waals surface area contributed by atoms with E-state index in [9.17, 15) is 18.3 Å². The number of aliphatic hydroxyl groups is 1. The molecule has 8 heteroatoms. The van der Waals surface area contributed by atoms with Gasteiger partial charge in [0.2, 0.25) is 0 Å². The zero-order valence-electron chi connectivity index (χ0n) is 20.5. The van der Waals surface area contributed by atoms with Crippen LogP contribution in [0.15, 0.2) is 18.2 Å². The van der Waals surface area contributed by atoms with Gasteiger partial charge in [-0.25, -0.2) is 8.42 Å². The van der Waals surface area contributed by atoms with Crippen molar-refractivity contribution in [3.63, 3.8) is 0 Å². The highest BCUT2D eigenvalue weighted by Gasteiger charge is 2.26. The van der Waals surface area contributed by atoms with Crippen LogP contribution in [-0.4, -0.2) is 48.9 Å². The third-order valence-electron chi connectivity index (χ3n) is 5.81. The molecule has 1 aromatic rings. The lowest BCUT2D eigenvalue weighted by Gasteiger charge is -2.28. The van der Waals surface area contributed by atoms with Crippen LogP contribution in [0.4, 0.5) is 0 Å². The molecule has 4 atom stereocenters. The SMILES string of the molecule is CC(CC(O)C(N)CC(Cc1ccc(C(C)(C)C)c(OCS(C)(=O)=O)c1)C(C)C)C(=O)O. The number of aliphatic hydroxyl groups excluding tert-OH is 1. The summed E-state index contributed by atoms with van der Waals surface area (Å²) in [6.07, 6.45) is 1.60. The Labute approximate surface area is 193 Å². The number of rotatable bonds is 12. The Kier molecular flexibility index (Phi) is 10.2. The molecule has 0 aliphatic carbocycles. The first-order chi connectivity index (χ1) is 14.5. The highest BCUT2D eigenvalue weighted by atomic mass is 32.2. The van der Waals surface area contributed by atoms with Crippen LogP contribution in [0.1, 0.15) is 65.5 Å². The molecule has 0 saturated carbocycles. The highest BCUT2D eigenvalue weighted by molar-refractivity contribution is 7.90. The number of hydrogen-bond donors (Lipinski definition) is 3. The normalized spacial score (nSPS) is 16.4. The molecule has 0 fully saturated rings. The number of carboxylic acids is 1. The van der Waals surface area contributed by atoms with Crippen molar-refractivity contribution in [1.82, 2.24) is 0 Å². The molecule has 0 aliphatic heterocycles. The van der Waals surface area contributed by atoms with Crippen molar-refractivity contribution in [2.75, 3.05) is 12.2 Å². The predicted molar refractivity (Wildman–Crippen MR) is 128 cm³/mol. The van der Waals surface area contributed by atoms with Crippen LogP contribution in [0.25, 0.3) is 0 Å².